The van der Waals surface area contributed by atoms with E-state index in [0.29, 0.717) is 12.0 Å². The fourth-order valence-corrected chi connectivity index (χ4v) is 4.85. The third-order valence-electron chi connectivity index (χ3n) is 5.89. The van der Waals surface area contributed by atoms with Crippen LogP contribution in [0.2, 0.25) is 0 Å². The summed E-state index contributed by atoms with van der Waals surface area (Å²) in [5, 5.41) is 21.9. The Balaban J connectivity index is 2.22. The fourth-order valence-electron chi connectivity index (χ4n) is 3.76. The fraction of sp³-hybridized carbons (Fsp3) is 0.615. The van der Waals surface area contributed by atoms with Crippen LogP contribution in [0, 0.1) is 0 Å². The SMILES string of the molecule is CCCCCc1cc(O)c(C/C=C(\C)CCC=C(C)C)c(O)c1SN1CCN(C)CC1. The molecule has 0 aromatic heterocycles. The number of hydrogen-bond acceptors (Lipinski definition) is 5. The molecular formula is C26H42N2O2S. The smallest absolute Gasteiger partial charge is 0.137 e. The third-order valence-corrected chi connectivity index (χ3v) is 7.15. The Labute approximate surface area is 194 Å². The highest BCUT2D eigenvalue weighted by atomic mass is 32.2. The summed E-state index contributed by atoms with van der Waals surface area (Å²) in [6.07, 6.45) is 11.3. The van der Waals surface area contributed by atoms with Crippen molar-refractivity contribution >= 4 is 11.9 Å². The zero-order chi connectivity index (χ0) is 22.8. The molecule has 0 aliphatic carbocycles. The van der Waals surface area contributed by atoms with Gasteiger partial charge in [-0.1, -0.05) is 43.1 Å². The van der Waals surface area contributed by atoms with Crippen molar-refractivity contribution in [2.45, 2.75) is 77.5 Å². The summed E-state index contributed by atoms with van der Waals surface area (Å²) in [6.45, 7) is 12.6. The largest absolute Gasteiger partial charge is 0.508 e. The van der Waals surface area contributed by atoms with Gasteiger partial charge >= 0.3 is 0 Å². The van der Waals surface area contributed by atoms with E-state index in [2.05, 4.69) is 56.1 Å². The van der Waals surface area contributed by atoms with Crippen LogP contribution in [-0.4, -0.2) is 52.6 Å². The highest BCUT2D eigenvalue weighted by Gasteiger charge is 2.22. The average molecular weight is 447 g/mol. The van der Waals surface area contributed by atoms with E-state index in [-0.39, 0.29) is 11.5 Å². The summed E-state index contributed by atoms with van der Waals surface area (Å²) in [5.74, 6) is 0.490. The Bertz CT molecular complexity index is 761. The maximum absolute atomic E-state index is 11.2. The second-order valence-corrected chi connectivity index (χ2v) is 10.2. The van der Waals surface area contributed by atoms with Gasteiger partial charge in [-0.05, 0) is 83.5 Å². The molecule has 1 heterocycles. The van der Waals surface area contributed by atoms with Gasteiger partial charge in [-0.25, -0.2) is 4.31 Å². The zero-order valence-corrected chi connectivity index (χ0v) is 21.0. The van der Waals surface area contributed by atoms with Gasteiger partial charge in [0, 0.05) is 31.7 Å². The number of hydrogen-bond donors (Lipinski definition) is 2. The first-order chi connectivity index (χ1) is 14.8. The van der Waals surface area contributed by atoms with Crippen molar-refractivity contribution in [2.24, 2.45) is 0 Å². The Morgan fingerprint density at radius 3 is 2.42 bits per heavy atom. The number of phenols is 2. The molecule has 0 spiro atoms. The van der Waals surface area contributed by atoms with E-state index in [0.717, 1.165) is 75.2 Å². The van der Waals surface area contributed by atoms with Crippen LogP contribution in [0.4, 0.5) is 0 Å². The van der Waals surface area contributed by atoms with Crippen LogP contribution in [0.15, 0.2) is 34.3 Å². The van der Waals surface area contributed by atoms with E-state index >= 15 is 0 Å². The van der Waals surface area contributed by atoms with E-state index in [1.807, 2.05) is 6.07 Å². The number of likely N-dealkylation sites (N-methyl/N-ethyl adjacent to an activating group) is 1. The predicted molar refractivity (Wildman–Crippen MR) is 134 cm³/mol. The molecule has 2 rings (SSSR count). The molecule has 5 heteroatoms. The van der Waals surface area contributed by atoms with Crippen molar-refractivity contribution in [3.63, 3.8) is 0 Å². The molecule has 1 aromatic carbocycles. The molecule has 0 bridgehead atoms. The Hall–Kier alpha value is -1.43. The summed E-state index contributed by atoms with van der Waals surface area (Å²) in [5.41, 5.74) is 4.35. The molecule has 0 radical (unpaired) electrons. The maximum atomic E-state index is 11.2. The standard InChI is InChI=1S/C26H42N2O2S/c1-6-7-8-12-22-19-24(29)23(14-13-21(4)11-9-10-20(2)3)25(30)26(22)31-28-17-15-27(5)16-18-28/h10,13,19,29-30H,6-9,11-12,14-18H2,1-5H3/b21-13+. The molecule has 1 aliphatic heterocycles. The Kier molecular flexibility index (Phi) is 11.0. The van der Waals surface area contributed by atoms with Crippen LogP contribution in [0.5, 0.6) is 11.5 Å². The first kappa shape index (κ1) is 25.8. The maximum Gasteiger partial charge on any atom is 0.137 e. The van der Waals surface area contributed by atoms with Crippen LogP contribution in [-0.2, 0) is 12.8 Å². The van der Waals surface area contributed by atoms with Crippen molar-refractivity contribution in [1.29, 1.82) is 0 Å². The van der Waals surface area contributed by atoms with E-state index in [1.54, 1.807) is 11.9 Å². The summed E-state index contributed by atoms with van der Waals surface area (Å²) in [4.78, 5) is 3.27. The van der Waals surface area contributed by atoms with E-state index in [1.165, 1.54) is 11.1 Å². The molecular weight excluding hydrogens is 404 g/mol. The zero-order valence-electron chi connectivity index (χ0n) is 20.2. The van der Waals surface area contributed by atoms with Gasteiger partial charge in [0.15, 0.2) is 0 Å². The molecule has 2 N–H and O–H groups in total. The number of benzene rings is 1. The van der Waals surface area contributed by atoms with Crippen LogP contribution in [0.1, 0.15) is 70.9 Å². The first-order valence-electron chi connectivity index (χ1n) is 11.8. The summed E-state index contributed by atoms with van der Waals surface area (Å²) in [7, 11) is 2.15. The van der Waals surface area contributed by atoms with Gasteiger partial charge in [0.25, 0.3) is 0 Å². The van der Waals surface area contributed by atoms with Crippen LogP contribution in [0.3, 0.4) is 0 Å². The number of piperazine rings is 1. The number of unbranched alkanes of at least 4 members (excludes halogenated alkanes) is 2. The molecule has 31 heavy (non-hydrogen) atoms. The van der Waals surface area contributed by atoms with Crippen molar-refractivity contribution in [3.05, 3.63) is 40.5 Å². The topological polar surface area (TPSA) is 46.9 Å². The minimum absolute atomic E-state index is 0.222. The summed E-state index contributed by atoms with van der Waals surface area (Å²) in [6, 6.07) is 1.90. The number of nitrogens with zero attached hydrogens (tertiary/aromatic N) is 2. The lowest BCUT2D eigenvalue weighted by atomic mass is 10.00. The molecule has 1 aliphatic rings. The highest BCUT2D eigenvalue weighted by molar-refractivity contribution is 7.97. The number of aromatic hydroxyl groups is 2. The van der Waals surface area contributed by atoms with Gasteiger partial charge in [0.2, 0.25) is 0 Å². The minimum atomic E-state index is 0.222. The van der Waals surface area contributed by atoms with E-state index in [9.17, 15) is 10.2 Å². The molecule has 0 atom stereocenters. The van der Waals surface area contributed by atoms with Gasteiger partial charge in [-0.2, -0.15) is 0 Å². The lowest BCUT2D eigenvalue weighted by molar-refractivity contribution is 0.233. The average Bonchev–Trinajstić information content (AvgIpc) is 2.72. The van der Waals surface area contributed by atoms with Gasteiger partial charge in [-0.3, -0.25) is 0 Å². The molecule has 0 amide bonds. The monoisotopic (exact) mass is 446 g/mol. The van der Waals surface area contributed by atoms with E-state index in [4.69, 9.17) is 0 Å². The summed E-state index contributed by atoms with van der Waals surface area (Å²) < 4.78 is 2.35. The third kappa shape index (κ3) is 8.55. The quantitative estimate of drug-likeness (QED) is 0.237. The molecule has 0 saturated carbocycles. The van der Waals surface area contributed by atoms with Crippen LogP contribution in [0.25, 0.3) is 0 Å². The number of rotatable bonds is 11. The van der Waals surface area contributed by atoms with Gasteiger partial charge in [0.1, 0.15) is 11.5 Å². The Morgan fingerprint density at radius 1 is 1.06 bits per heavy atom. The summed E-state index contributed by atoms with van der Waals surface area (Å²) >= 11 is 1.67. The number of allylic oxidation sites excluding steroid dienone is 4. The normalized spacial score (nSPS) is 16.0. The Morgan fingerprint density at radius 2 is 1.77 bits per heavy atom. The predicted octanol–water partition coefficient (Wildman–Crippen LogP) is 6.32. The molecule has 1 aromatic rings. The lowest BCUT2D eigenvalue weighted by Crippen LogP contribution is -2.41. The van der Waals surface area contributed by atoms with Gasteiger partial charge in [0.05, 0.1) is 4.90 Å². The van der Waals surface area contributed by atoms with Crippen molar-refractivity contribution < 1.29 is 10.2 Å². The lowest BCUT2D eigenvalue weighted by Gasteiger charge is -2.32. The van der Waals surface area contributed by atoms with E-state index < -0.39 is 0 Å². The molecule has 0 unspecified atom stereocenters. The minimum Gasteiger partial charge on any atom is -0.508 e. The second kappa shape index (κ2) is 13.2. The van der Waals surface area contributed by atoms with Gasteiger partial charge < -0.3 is 15.1 Å². The second-order valence-electron chi connectivity index (χ2n) is 9.07. The van der Waals surface area contributed by atoms with Crippen LogP contribution < -0.4 is 0 Å². The van der Waals surface area contributed by atoms with Crippen LogP contribution >= 0.6 is 11.9 Å². The number of aryl methyl sites for hydroxylation is 1. The number of phenolic OH excluding ortho intramolecular Hbond substituents is 2. The van der Waals surface area contributed by atoms with Crippen molar-refractivity contribution in [3.8, 4) is 11.5 Å². The van der Waals surface area contributed by atoms with Crippen molar-refractivity contribution in [2.75, 3.05) is 33.2 Å². The highest BCUT2D eigenvalue weighted by Crippen LogP contribution is 2.42. The van der Waals surface area contributed by atoms with Crippen molar-refractivity contribution in [1.82, 2.24) is 9.21 Å². The first-order valence-corrected chi connectivity index (χ1v) is 12.6. The molecule has 4 nitrogen and oxygen atoms in total. The molecule has 174 valence electrons. The molecule has 1 saturated heterocycles. The molecule has 1 fully saturated rings. The van der Waals surface area contributed by atoms with Gasteiger partial charge in [-0.15, -0.1) is 0 Å².